The van der Waals surface area contributed by atoms with E-state index in [-0.39, 0.29) is 12.6 Å². The van der Waals surface area contributed by atoms with Gasteiger partial charge in [-0.3, -0.25) is 9.69 Å². The Kier molecular flexibility index (Phi) is 4.81. The molecule has 0 aliphatic rings. The van der Waals surface area contributed by atoms with Gasteiger partial charge < -0.3 is 5.73 Å². The highest BCUT2D eigenvalue weighted by Gasteiger charge is 2.15. The monoisotopic (exact) mass is 249 g/mol. The molecule has 0 aliphatic carbocycles. The van der Waals surface area contributed by atoms with E-state index in [9.17, 15) is 9.18 Å². The number of nitrogens with two attached hydrogens (primary N) is 1. The first kappa shape index (κ1) is 14.1. The molecule has 1 aromatic rings. The van der Waals surface area contributed by atoms with E-state index in [4.69, 9.17) is 11.0 Å². The molecule has 0 heterocycles. The van der Waals surface area contributed by atoms with Gasteiger partial charge in [0, 0.05) is 12.6 Å². The van der Waals surface area contributed by atoms with E-state index in [1.54, 1.807) is 4.90 Å². The van der Waals surface area contributed by atoms with Gasteiger partial charge in [-0.2, -0.15) is 5.26 Å². The van der Waals surface area contributed by atoms with Crippen LogP contribution in [0.15, 0.2) is 18.2 Å². The minimum absolute atomic E-state index is 0.0762. The zero-order valence-corrected chi connectivity index (χ0v) is 10.5. The number of carbonyl (C=O) groups excluding carboxylic acids is 1. The minimum atomic E-state index is -0.446. The molecular formula is C13H16FN3O. The molecule has 0 radical (unpaired) electrons. The van der Waals surface area contributed by atoms with Crippen LogP contribution in [0.5, 0.6) is 0 Å². The van der Waals surface area contributed by atoms with Crippen molar-refractivity contribution in [2.75, 3.05) is 6.54 Å². The fourth-order valence-electron chi connectivity index (χ4n) is 1.64. The van der Waals surface area contributed by atoms with Gasteiger partial charge in [0.2, 0.25) is 5.91 Å². The average molecular weight is 249 g/mol. The van der Waals surface area contributed by atoms with Crippen LogP contribution in [-0.4, -0.2) is 23.4 Å². The van der Waals surface area contributed by atoms with E-state index < -0.39 is 11.7 Å². The SMILES string of the molecule is CC(C)N(CC(N)=O)Cc1cc(F)ccc1C#N. The second kappa shape index (κ2) is 6.12. The lowest BCUT2D eigenvalue weighted by Gasteiger charge is -2.25. The van der Waals surface area contributed by atoms with Crippen LogP contribution in [0.4, 0.5) is 4.39 Å². The maximum atomic E-state index is 13.2. The van der Waals surface area contributed by atoms with Gasteiger partial charge in [0.15, 0.2) is 0 Å². The normalized spacial score (nSPS) is 10.7. The maximum Gasteiger partial charge on any atom is 0.231 e. The predicted molar refractivity (Wildman–Crippen MR) is 65.9 cm³/mol. The predicted octanol–water partition coefficient (Wildman–Crippen LogP) is 1.39. The van der Waals surface area contributed by atoms with Gasteiger partial charge in [0.25, 0.3) is 0 Å². The second-order valence-electron chi connectivity index (χ2n) is 4.38. The van der Waals surface area contributed by atoms with E-state index in [0.717, 1.165) is 0 Å². The molecule has 0 saturated carbocycles. The molecule has 1 aromatic carbocycles. The Morgan fingerprint density at radius 1 is 1.56 bits per heavy atom. The van der Waals surface area contributed by atoms with Crippen LogP contribution < -0.4 is 5.73 Å². The topological polar surface area (TPSA) is 70.1 Å². The van der Waals surface area contributed by atoms with Crippen molar-refractivity contribution in [3.8, 4) is 6.07 Å². The third-order valence-corrected chi connectivity index (χ3v) is 2.65. The summed E-state index contributed by atoms with van der Waals surface area (Å²) in [7, 11) is 0. The van der Waals surface area contributed by atoms with Gasteiger partial charge in [0.05, 0.1) is 18.2 Å². The number of primary amides is 1. The number of amides is 1. The van der Waals surface area contributed by atoms with Crippen LogP contribution in [0, 0.1) is 17.1 Å². The van der Waals surface area contributed by atoms with Gasteiger partial charge in [-0.1, -0.05) is 0 Å². The summed E-state index contributed by atoms with van der Waals surface area (Å²) >= 11 is 0. The van der Waals surface area contributed by atoms with E-state index in [2.05, 4.69) is 0 Å². The number of nitrogens with zero attached hydrogens (tertiary/aromatic N) is 2. The molecule has 2 N–H and O–H groups in total. The molecule has 0 bridgehead atoms. The fraction of sp³-hybridized carbons (Fsp3) is 0.385. The zero-order chi connectivity index (χ0) is 13.7. The smallest absolute Gasteiger partial charge is 0.231 e. The van der Waals surface area contributed by atoms with Crippen LogP contribution in [0.1, 0.15) is 25.0 Å². The highest BCUT2D eigenvalue weighted by molar-refractivity contribution is 5.75. The number of nitriles is 1. The molecule has 0 atom stereocenters. The Bertz CT molecular complexity index is 480. The Balaban J connectivity index is 2.96. The summed E-state index contributed by atoms with van der Waals surface area (Å²) in [5.41, 5.74) is 6.14. The molecule has 1 rings (SSSR count). The molecule has 0 spiro atoms. The number of hydrogen-bond donors (Lipinski definition) is 1. The van der Waals surface area contributed by atoms with E-state index in [0.29, 0.717) is 17.7 Å². The lowest BCUT2D eigenvalue weighted by Crippen LogP contribution is -2.38. The van der Waals surface area contributed by atoms with Gasteiger partial charge in [0.1, 0.15) is 5.82 Å². The molecule has 18 heavy (non-hydrogen) atoms. The second-order valence-corrected chi connectivity index (χ2v) is 4.38. The zero-order valence-electron chi connectivity index (χ0n) is 10.5. The van der Waals surface area contributed by atoms with Crippen molar-refractivity contribution in [2.45, 2.75) is 26.4 Å². The highest BCUT2D eigenvalue weighted by Crippen LogP contribution is 2.14. The van der Waals surface area contributed by atoms with E-state index in [1.807, 2.05) is 19.9 Å². The van der Waals surface area contributed by atoms with Crippen molar-refractivity contribution >= 4 is 5.91 Å². The van der Waals surface area contributed by atoms with Crippen LogP contribution in [-0.2, 0) is 11.3 Å². The summed E-state index contributed by atoms with van der Waals surface area (Å²) < 4.78 is 13.2. The molecule has 0 unspecified atom stereocenters. The average Bonchev–Trinajstić information content (AvgIpc) is 2.27. The van der Waals surface area contributed by atoms with Gasteiger partial charge in [-0.15, -0.1) is 0 Å². The Hall–Kier alpha value is -1.93. The summed E-state index contributed by atoms with van der Waals surface area (Å²) in [6.45, 7) is 4.23. The summed E-state index contributed by atoms with van der Waals surface area (Å²) in [4.78, 5) is 12.8. The Labute approximate surface area is 106 Å². The standard InChI is InChI=1S/C13H16FN3O/c1-9(2)17(8-13(16)18)7-11-5-12(14)4-3-10(11)6-15/h3-5,9H,7-8H2,1-2H3,(H2,16,18). The third-order valence-electron chi connectivity index (χ3n) is 2.65. The number of rotatable bonds is 5. The van der Waals surface area contributed by atoms with Crippen molar-refractivity contribution < 1.29 is 9.18 Å². The molecule has 0 saturated heterocycles. The van der Waals surface area contributed by atoms with Gasteiger partial charge in [-0.05, 0) is 37.6 Å². The van der Waals surface area contributed by atoms with Crippen LogP contribution >= 0.6 is 0 Å². The molecule has 5 heteroatoms. The molecule has 96 valence electrons. The third kappa shape index (κ3) is 3.82. The summed E-state index contributed by atoms with van der Waals surface area (Å²) in [6.07, 6.45) is 0. The van der Waals surface area contributed by atoms with Crippen molar-refractivity contribution in [3.05, 3.63) is 35.1 Å². The quantitative estimate of drug-likeness (QED) is 0.857. The van der Waals surface area contributed by atoms with Crippen LogP contribution in [0.2, 0.25) is 0 Å². The Morgan fingerprint density at radius 3 is 2.72 bits per heavy atom. The van der Waals surface area contributed by atoms with Crippen LogP contribution in [0.25, 0.3) is 0 Å². The molecule has 0 fully saturated rings. The first-order chi connectivity index (χ1) is 8.43. The number of halogens is 1. The summed E-state index contributed by atoms with van der Waals surface area (Å²) in [5.74, 6) is -0.842. The highest BCUT2D eigenvalue weighted by atomic mass is 19.1. The van der Waals surface area contributed by atoms with Crippen LogP contribution in [0.3, 0.4) is 0 Å². The van der Waals surface area contributed by atoms with Crippen molar-refractivity contribution in [1.82, 2.24) is 4.90 Å². The lowest BCUT2D eigenvalue weighted by atomic mass is 10.1. The van der Waals surface area contributed by atoms with E-state index in [1.165, 1.54) is 18.2 Å². The first-order valence-electron chi connectivity index (χ1n) is 5.65. The van der Waals surface area contributed by atoms with Gasteiger partial charge >= 0.3 is 0 Å². The number of benzene rings is 1. The van der Waals surface area contributed by atoms with Crippen molar-refractivity contribution in [3.63, 3.8) is 0 Å². The molecular weight excluding hydrogens is 233 g/mol. The number of hydrogen-bond acceptors (Lipinski definition) is 3. The van der Waals surface area contributed by atoms with Crippen molar-refractivity contribution in [1.29, 1.82) is 5.26 Å². The number of carbonyl (C=O) groups is 1. The first-order valence-corrected chi connectivity index (χ1v) is 5.65. The lowest BCUT2D eigenvalue weighted by molar-refractivity contribution is -0.119. The van der Waals surface area contributed by atoms with E-state index >= 15 is 0 Å². The van der Waals surface area contributed by atoms with Gasteiger partial charge in [-0.25, -0.2) is 4.39 Å². The fourth-order valence-corrected chi connectivity index (χ4v) is 1.64. The maximum absolute atomic E-state index is 13.2. The molecule has 4 nitrogen and oxygen atoms in total. The molecule has 1 amide bonds. The van der Waals surface area contributed by atoms with Crippen molar-refractivity contribution in [2.24, 2.45) is 5.73 Å². The molecule has 0 aliphatic heterocycles. The Morgan fingerprint density at radius 2 is 2.22 bits per heavy atom. The molecule has 0 aromatic heterocycles. The summed E-state index contributed by atoms with van der Waals surface area (Å²) in [5, 5.41) is 8.96. The summed E-state index contributed by atoms with van der Waals surface area (Å²) in [6, 6.07) is 6.09. The largest absolute Gasteiger partial charge is 0.369 e. The minimum Gasteiger partial charge on any atom is -0.369 e.